The SMILES string of the molecule is CCC[C]1[CH][CH][CH][CH]1.CCC[C]1[CH][CH][CH][CH]1.[CH3-].[CH3-].[Hf]. The second-order valence-corrected chi connectivity index (χ2v) is 4.09. The maximum Gasteiger partial charge on any atom is 0 e. The molecule has 0 bridgehead atoms. The van der Waals surface area contributed by atoms with Crippen molar-refractivity contribution in [2.75, 3.05) is 0 Å². The molecule has 2 saturated carbocycles. The quantitative estimate of drug-likeness (QED) is 0.427. The van der Waals surface area contributed by atoms with E-state index >= 15 is 0 Å². The Morgan fingerprint density at radius 3 is 1.11 bits per heavy atom. The number of hydrogen-bond acceptors (Lipinski definition) is 0. The summed E-state index contributed by atoms with van der Waals surface area (Å²) < 4.78 is 0. The van der Waals surface area contributed by atoms with E-state index in [-0.39, 0.29) is 40.7 Å². The monoisotopic (exact) mass is 424 g/mol. The molecule has 2 aliphatic rings. The first-order valence-corrected chi connectivity index (χ1v) is 6.28. The Kier molecular flexibility index (Phi) is 22.1. The first-order valence-electron chi connectivity index (χ1n) is 6.28. The molecule has 0 unspecified atom stereocenters. The molecule has 2 rings (SSSR count). The van der Waals surface area contributed by atoms with Crippen molar-refractivity contribution in [3.63, 3.8) is 0 Å². The fraction of sp³-hybridized carbons (Fsp3) is 0.333. The van der Waals surface area contributed by atoms with Crippen LogP contribution in [0, 0.1) is 78.1 Å². The van der Waals surface area contributed by atoms with Crippen LogP contribution in [0.4, 0.5) is 0 Å². The van der Waals surface area contributed by atoms with Gasteiger partial charge in [-0.15, -0.1) is 0 Å². The van der Waals surface area contributed by atoms with Gasteiger partial charge in [0.2, 0.25) is 0 Å². The molecule has 0 saturated heterocycles. The van der Waals surface area contributed by atoms with Crippen LogP contribution < -0.4 is 0 Å². The Hall–Kier alpha value is 0.870. The fourth-order valence-corrected chi connectivity index (χ4v) is 1.74. The van der Waals surface area contributed by atoms with Gasteiger partial charge in [0.1, 0.15) is 0 Å². The van der Waals surface area contributed by atoms with E-state index in [0.29, 0.717) is 0 Å². The molecule has 2 fully saturated rings. The summed E-state index contributed by atoms with van der Waals surface area (Å²) in [7, 11) is 0. The van der Waals surface area contributed by atoms with Crippen LogP contribution in [0.1, 0.15) is 39.5 Å². The summed E-state index contributed by atoms with van der Waals surface area (Å²) in [5, 5.41) is 0. The van der Waals surface area contributed by atoms with Crippen molar-refractivity contribution in [2.45, 2.75) is 39.5 Å². The average molecular weight is 423 g/mol. The minimum Gasteiger partial charge on any atom is -0.358 e. The maximum absolute atomic E-state index is 2.20. The largest absolute Gasteiger partial charge is 0.358 e. The summed E-state index contributed by atoms with van der Waals surface area (Å²) in [5.74, 6) is 2.93. The molecule has 0 spiro atoms. The van der Waals surface area contributed by atoms with E-state index in [2.05, 4.69) is 65.2 Å². The summed E-state index contributed by atoms with van der Waals surface area (Å²) in [6.07, 6.45) is 22.0. The molecule has 2 aliphatic carbocycles. The van der Waals surface area contributed by atoms with Crippen LogP contribution in [0.15, 0.2) is 0 Å². The van der Waals surface area contributed by atoms with Crippen LogP contribution in [0.3, 0.4) is 0 Å². The number of hydrogen-bond donors (Lipinski definition) is 0. The van der Waals surface area contributed by atoms with Crippen molar-refractivity contribution >= 4 is 0 Å². The summed E-state index contributed by atoms with van der Waals surface area (Å²) in [6, 6.07) is 0. The zero-order chi connectivity index (χ0) is 11.6. The smallest absolute Gasteiger partial charge is 0 e. The van der Waals surface area contributed by atoms with E-state index < -0.39 is 0 Å². The fourth-order valence-electron chi connectivity index (χ4n) is 1.74. The Balaban J connectivity index is -0.000000233. The second-order valence-electron chi connectivity index (χ2n) is 4.09. The van der Waals surface area contributed by atoms with Gasteiger partial charge in [-0.2, -0.15) is 0 Å². The van der Waals surface area contributed by atoms with Crippen molar-refractivity contribution in [1.29, 1.82) is 0 Å². The molecule has 0 aromatic rings. The van der Waals surface area contributed by atoms with E-state index in [0.717, 1.165) is 0 Å². The Morgan fingerprint density at radius 2 is 0.895 bits per heavy atom. The molecule has 0 nitrogen and oxygen atoms in total. The zero-order valence-electron chi connectivity index (χ0n) is 12.9. The third kappa shape index (κ3) is 12.3. The Bertz CT molecular complexity index is 126. The van der Waals surface area contributed by atoms with E-state index in [1.165, 1.54) is 37.5 Å². The van der Waals surface area contributed by atoms with Gasteiger partial charge in [-0.25, -0.2) is 0 Å². The van der Waals surface area contributed by atoms with Gasteiger partial charge in [0.15, 0.2) is 0 Å². The van der Waals surface area contributed by atoms with Crippen LogP contribution in [-0.2, 0) is 25.8 Å². The van der Waals surface area contributed by atoms with Gasteiger partial charge in [0, 0.05) is 25.8 Å². The van der Waals surface area contributed by atoms with Gasteiger partial charge in [-0.05, 0) is 76.0 Å². The van der Waals surface area contributed by atoms with Crippen LogP contribution in [0.2, 0.25) is 0 Å². The van der Waals surface area contributed by atoms with E-state index in [4.69, 9.17) is 0 Å². The minimum atomic E-state index is 0. The molecular weight excluding hydrogens is 395 g/mol. The van der Waals surface area contributed by atoms with Gasteiger partial charge >= 0.3 is 0 Å². The third-order valence-electron chi connectivity index (χ3n) is 2.54. The van der Waals surface area contributed by atoms with Gasteiger partial charge in [-0.1, -0.05) is 26.7 Å². The van der Waals surface area contributed by atoms with Gasteiger partial charge in [0.25, 0.3) is 0 Å². The number of rotatable bonds is 4. The van der Waals surface area contributed by atoms with E-state index in [9.17, 15) is 0 Å². The molecule has 0 aromatic heterocycles. The zero-order valence-corrected chi connectivity index (χ0v) is 16.5. The molecule has 0 amide bonds. The average Bonchev–Trinajstić information content (AvgIpc) is 2.92. The molecule has 1 heteroatoms. The molecule has 0 atom stereocenters. The summed E-state index contributed by atoms with van der Waals surface area (Å²) in [4.78, 5) is 0. The molecule has 19 heavy (non-hydrogen) atoms. The standard InChI is InChI=1S/2C8H11.2CH3.Hf/c2*1-2-5-8-6-3-4-7-8;;;/h2*3-4,6-7H,2,5H2,1H3;2*1H3;/q;;2*-1;. The van der Waals surface area contributed by atoms with E-state index in [1.807, 2.05) is 0 Å². The molecule has 0 aromatic carbocycles. The molecule has 0 N–H and O–H groups in total. The Morgan fingerprint density at radius 1 is 0.632 bits per heavy atom. The molecule has 0 aliphatic heterocycles. The van der Waals surface area contributed by atoms with Crippen LogP contribution in [0.25, 0.3) is 0 Å². The van der Waals surface area contributed by atoms with Crippen molar-refractivity contribution < 1.29 is 25.8 Å². The van der Waals surface area contributed by atoms with Gasteiger partial charge < -0.3 is 14.9 Å². The molecular formula is C18H28Hf-2. The summed E-state index contributed by atoms with van der Waals surface area (Å²) in [6.45, 7) is 4.40. The molecule has 0 heterocycles. The normalized spacial score (nSPS) is 18.6. The van der Waals surface area contributed by atoms with Crippen molar-refractivity contribution in [2.24, 2.45) is 0 Å². The summed E-state index contributed by atoms with van der Waals surface area (Å²) >= 11 is 0. The van der Waals surface area contributed by atoms with Gasteiger partial charge in [-0.3, -0.25) is 0 Å². The predicted molar refractivity (Wildman–Crippen MR) is 83.5 cm³/mol. The molecule has 106 valence electrons. The van der Waals surface area contributed by atoms with Crippen molar-refractivity contribution in [1.82, 2.24) is 0 Å². The first-order chi connectivity index (χ1) is 7.86. The van der Waals surface area contributed by atoms with Crippen LogP contribution >= 0.6 is 0 Å². The van der Waals surface area contributed by atoms with Crippen molar-refractivity contribution in [3.05, 3.63) is 78.1 Å². The summed E-state index contributed by atoms with van der Waals surface area (Å²) in [5.41, 5.74) is 0. The first kappa shape index (κ1) is 24.9. The van der Waals surface area contributed by atoms with Gasteiger partial charge in [0.05, 0.1) is 0 Å². The predicted octanol–water partition coefficient (Wildman–Crippen LogP) is 5.28. The maximum atomic E-state index is 2.20. The second kappa shape index (κ2) is 16.9. The minimum absolute atomic E-state index is 0. The van der Waals surface area contributed by atoms with E-state index in [1.54, 1.807) is 0 Å². The van der Waals surface area contributed by atoms with Crippen LogP contribution in [-0.4, -0.2) is 0 Å². The Labute approximate surface area is 143 Å². The topological polar surface area (TPSA) is 0 Å². The molecule has 10 radical (unpaired) electrons. The van der Waals surface area contributed by atoms with Crippen molar-refractivity contribution in [3.8, 4) is 0 Å². The third-order valence-corrected chi connectivity index (χ3v) is 2.54. The van der Waals surface area contributed by atoms with Crippen LogP contribution in [0.5, 0.6) is 0 Å².